The minimum Gasteiger partial charge on any atom is -0.507 e. The van der Waals surface area contributed by atoms with Crippen molar-refractivity contribution < 1.29 is 14.9 Å². The Morgan fingerprint density at radius 1 is 1.35 bits per heavy atom. The molecule has 0 atom stereocenters. The van der Waals surface area contributed by atoms with Crippen LogP contribution in [0.5, 0.6) is 5.75 Å². The van der Waals surface area contributed by atoms with Crippen LogP contribution in [0.4, 0.5) is 0 Å². The summed E-state index contributed by atoms with van der Waals surface area (Å²) in [6, 6.07) is 3.82. The second kappa shape index (κ2) is 6.89. The maximum Gasteiger partial charge on any atom is 0.123 e. The number of phenols is 1. The van der Waals surface area contributed by atoms with Crippen molar-refractivity contribution in [1.82, 2.24) is 5.32 Å². The number of aliphatic hydroxyl groups excluding tert-OH is 1. The first-order chi connectivity index (χ1) is 9.56. The van der Waals surface area contributed by atoms with Crippen LogP contribution in [0.15, 0.2) is 16.6 Å². The lowest BCUT2D eigenvalue weighted by atomic mass is 9.81. The molecule has 1 aromatic carbocycles. The summed E-state index contributed by atoms with van der Waals surface area (Å²) < 4.78 is 6.32. The Hall–Kier alpha value is -0.620. The third kappa shape index (κ3) is 3.73. The second-order valence-electron chi connectivity index (χ2n) is 5.60. The molecular weight excluding hydrogens is 322 g/mol. The molecule has 20 heavy (non-hydrogen) atoms. The van der Waals surface area contributed by atoms with Crippen LogP contribution in [-0.2, 0) is 11.3 Å². The van der Waals surface area contributed by atoms with E-state index in [1.165, 1.54) is 0 Å². The average Bonchev–Trinajstić information content (AvgIpc) is 2.45. The number of halogens is 1. The topological polar surface area (TPSA) is 61.7 Å². The van der Waals surface area contributed by atoms with Gasteiger partial charge < -0.3 is 20.3 Å². The fourth-order valence-electron chi connectivity index (χ4n) is 2.60. The summed E-state index contributed by atoms with van der Waals surface area (Å²) >= 11 is 3.44. The van der Waals surface area contributed by atoms with Crippen molar-refractivity contribution in [1.29, 1.82) is 0 Å². The molecule has 112 valence electrons. The van der Waals surface area contributed by atoms with Crippen molar-refractivity contribution in [2.45, 2.75) is 26.3 Å². The molecule has 5 heteroatoms. The van der Waals surface area contributed by atoms with Gasteiger partial charge in [-0.2, -0.15) is 0 Å². The summed E-state index contributed by atoms with van der Waals surface area (Å²) in [6.07, 6.45) is 1.75. The molecule has 1 aliphatic heterocycles. The lowest BCUT2D eigenvalue weighted by Gasteiger charge is -2.35. The van der Waals surface area contributed by atoms with Gasteiger partial charge in [0.1, 0.15) is 5.75 Å². The quantitative estimate of drug-likeness (QED) is 0.767. The van der Waals surface area contributed by atoms with E-state index >= 15 is 0 Å². The van der Waals surface area contributed by atoms with E-state index in [-0.39, 0.29) is 12.0 Å². The smallest absolute Gasteiger partial charge is 0.123 e. The summed E-state index contributed by atoms with van der Waals surface area (Å²) in [7, 11) is 0. The molecule has 1 saturated heterocycles. The van der Waals surface area contributed by atoms with Crippen molar-refractivity contribution in [3.63, 3.8) is 0 Å². The van der Waals surface area contributed by atoms with Crippen LogP contribution in [0, 0.1) is 12.3 Å². The first kappa shape index (κ1) is 15.8. The fourth-order valence-corrected chi connectivity index (χ4v) is 3.22. The van der Waals surface area contributed by atoms with Gasteiger partial charge in [-0.3, -0.25) is 0 Å². The van der Waals surface area contributed by atoms with Gasteiger partial charge in [0.05, 0.1) is 6.61 Å². The second-order valence-corrected chi connectivity index (χ2v) is 6.52. The molecule has 0 radical (unpaired) electrons. The molecule has 0 bridgehead atoms. The molecule has 0 spiro atoms. The minimum absolute atomic E-state index is 0.0884. The molecular formula is C15H22BrNO3. The van der Waals surface area contributed by atoms with Crippen molar-refractivity contribution >= 4 is 15.9 Å². The van der Waals surface area contributed by atoms with Gasteiger partial charge in [-0.25, -0.2) is 0 Å². The Labute approximate surface area is 128 Å². The maximum atomic E-state index is 10.1. The van der Waals surface area contributed by atoms with E-state index in [1.54, 1.807) is 0 Å². The number of ether oxygens (including phenoxy) is 1. The Kier molecular flexibility index (Phi) is 5.43. The van der Waals surface area contributed by atoms with Crippen LogP contribution in [0.25, 0.3) is 0 Å². The van der Waals surface area contributed by atoms with Gasteiger partial charge in [0.15, 0.2) is 0 Å². The van der Waals surface area contributed by atoms with Crippen LogP contribution in [-0.4, -0.2) is 36.6 Å². The van der Waals surface area contributed by atoms with Crippen LogP contribution in [0.3, 0.4) is 0 Å². The van der Waals surface area contributed by atoms with Gasteiger partial charge >= 0.3 is 0 Å². The lowest BCUT2D eigenvalue weighted by Crippen LogP contribution is -2.41. The molecule has 1 aliphatic rings. The van der Waals surface area contributed by atoms with Gasteiger partial charge in [-0.1, -0.05) is 15.9 Å². The highest BCUT2D eigenvalue weighted by Gasteiger charge is 2.31. The highest BCUT2D eigenvalue weighted by molar-refractivity contribution is 9.10. The Morgan fingerprint density at radius 3 is 2.70 bits per heavy atom. The zero-order chi connectivity index (χ0) is 14.6. The Bertz CT molecular complexity index is 459. The summed E-state index contributed by atoms with van der Waals surface area (Å²) in [5.74, 6) is 0.339. The lowest BCUT2D eigenvalue weighted by molar-refractivity contribution is -0.0154. The van der Waals surface area contributed by atoms with Crippen molar-refractivity contribution in [2.75, 3.05) is 26.4 Å². The normalized spacial score (nSPS) is 18.1. The van der Waals surface area contributed by atoms with E-state index in [4.69, 9.17) is 4.74 Å². The number of aryl methyl sites for hydroxylation is 1. The molecule has 3 N–H and O–H groups in total. The first-order valence-corrected chi connectivity index (χ1v) is 7.73. The number of aromatic hydroxyl groups is 1. The monoisotopic (exact) mass is 343 g/mol. The molecule has 0 aromatic heterocycles. The number of hydrogen-bond donors (Lipinski definition) is 3. The van der Waals surface area contributed by atoms with Gasteiger partial charge in [0.2, 0.25) is 0 Å². The van der Waals surface area contributed by atoms with Crippen LogP contribution >= 0.6 is 15.9 Å². The fraction of sp³-hybridized carbons (Fsp3) is 0.600. The highest BCUT2D eigenvalue weighted by atomic mass is 79.9. The van der Waals surface area contributed by atoms with E-state index in [1.807, 2.05) is 19.1 Å². The number of aliphatic hydroxyl groups is 1. The SMILES string of the molecule is Cc1cc(Br)cc(CNCC2(CO)CCOCC2)c1O. The minimum atomic E-state index is -0.0884. The number of phenolic OH excluding ortho intramolecular Hbond substituents is 1. The number of benzene rings is 1. The van der Waals surface area contributed by atoms with Crippen molar-refractivity contribution in [3.8, 4) is 5.75 Å². The zero-order valence-corrected chi connectivity index (χ0v) is 13.4. The Balaban J connectivity index is 1.95. The summed E-state index contributed by atoms with van der Waals surface area (Å²) in [4.78, 5) is 0. The van der Waals surface area contributed by atoms with Crippen LogP contribution in [0.2, 0.25) is 0 Å². The summed E-state index contributed by atoms with van der Waals surface area (Å²) in [5.41, 5.74) is 1.64. The summed E-state index contributed by atoms with van der Waals surface area (Å²) in [5, 5.41) is 23.0. The molecule has 1 heterocycles. The van der Waals surface area contributed by atoms with E-state index in [9.17, 15) is 10.2 Å². The highest BCUT2D eigenvalue weighted by Crippen LogP contribution is 2.30. The molecule has 0 saturated carbocycles. The van der Waals surface area contributed by atoms with Gasteiger partial charge in [0.25, 0.3) is 0 Å². The van der Waals surface area contributed by atoms with E-state index in [0.717, 1.165) is 35.0 Å². The Morgan fingerprint density at radius 2 is 2.05 bits per heavy atom. The van der Waals surface area contributed by atoms with Gasteiger partial charge in [0, 0.05) is 41.8 Å². The van der Waals surface area contributed by atoms with E-state index in [0.29, 0.717) is 25.5 Å². The van der Waals surface area contributed by atoms with Crippen LogP contribution < -0.4 is 5.32 Å². The van der Waals surface area contributed by atoms with Crippen molar-refractivity contribution in [2.24, 2.45) is 5.41 Å². The predicted molar refractivity (Wildman–Crippen MR) is 81.8 cm³/mol. The van der Waals surface area contributed by atoms with Crippen molar-refractivity contribution in [3.05, 3.63) is 27.7 Å². The van der Waals surface area contributed by atoms with E-state index < -0.39 is 0 Å². The number of nitrogens with one attached hydrogen (secondary N) is 1. The molecule has 2 rings (SSSR count). The number of hydrogen-bond acceptors (Lipinski definition) is 4. The van der Waals surface area contributed by atoms with Crippen LogP contribution in [0.1, 0.15) is 24.0 Å². The molecule has 4 nitrogen and oxygen atoms in total. The standard InChI is InChI=1S/C15H22BrNO3/c1-11-6-13(16)7-12(14(11)19)8-17-9-15(10-18)2-4-20-5-3-15/h6-7,17-19H,2-5,8-10H2,1H3. The average molecular weight is 344 g/mol. The molecule has 1 fully saturated rings. The van der Waals surface area contributed by atoms with Gasteiger partial charge in [-0.15, -0.1) is 0 Å². The number of rotatable bonds is 5. The first-order valence-electron chi connectivity index (χ1n) is 6.94. The largest absolute Gasteiger partial charge is 0.507 e. The third-order valence-corrected chi connectivity index (χ3v) is 4.51. The molecule has 0 aliphatic carbocycles. The summed E-state index contributed by atoms with van der Waals surface area (Å²) in [6.45, 7) is 4.81. The molecule has 0 amide bonds. The molecule has 1 aromatic rings. The molecule has 0 unspecified atom stereocenters. The predicted octanol–water partition coefficient (Wildman–Crippen LogP) is 2.34. The zero-order valence-electron chi connectivity index (χ0n) is 11.8. The maximum absolute atomic E-state index is 10.1. The van der Waals surface area contributed by atoms with Gasteiger partial charge in [-0.05, 0) is 37.5 Å². The van der Waals surface area contributed by atoms with E-state index in [2.05, 4.69) is 21.2 Å². The third-order valence-electron chi connectivity index (χ3n) is 4.05.